The molecule has 6 heteroatoms. The summed E-state index contributed by atoms with van der Waals surface area (Å²) in [6.45, 7) is 3.82. The second-order valence-electron chi connectivity index (χ2n) is 5.20. The molecule has 0 aromatic carbocycles. The maximum Gasteiger partial charge on any atom is 0.316 e. The molecule has 3 rings (SSSR count). The highest BCUT2D eigenvalue weighted by Gasteiger charge is 2.23. The molecule has 1 atom stereocenters. The SMILES string of the molecule is Cc1cnc(OC2CCCN(c3ccncc3Br)C2)nc1. The van der Waals surface area contributed by atoms with Gasteiger partial charge in [0.05, 0.1) is 16.7 Å². The van der Waals surface area contributed by atoms with Crippen LogP contribution < -0.4 is 9.64 Å². The Morgan fingerprint density at radius 3 is 2.86 bits per heavy atom. The smallest absolute Gasteiger partial charge is 0.316 e. The van der Waals surface area contributed by atoms with Gasteiger partial charge in [0.2, 0.25) is 0 Å². The van der Waals surface area contributed by atoms with Crippen LogP contribution >= 0.6 is 15.9 Å². The molecule has 1 aliphatic heterocycles. The van der Waals surface area contributed by atoms with E-state index < -0.39 is 0 Å². The molecule has 2 aromatic rings. The zero-order valence-electron chi connectivity index (χ0n) is 11.9. The van der Waals surface area contributed by atoms with E-state index in [-0.39, 0.29) is 6.10 Å². The zero-order valence-corrected chi connectivity index (χ0v) is 13.5. The molecule has 0 amide bonds. The van der Waals surface area contributed by atoms with Crippen molar-refractivity contribution in [3.63, 3.8) is 0 Å². The average molecular weight is 349 g/mol. The van der Waals surface area contributed by atoms with E-state index in [2.05, 4.69) is 35.8 Å². The first-order valence-electron chi connectivity index (χ1n) is 7.02. The van der Waals surface area contributed by atoms with E-state index in [1.807, 2.05) is 25.4 Å². The summed E-state index contributed by atoms with van der Waals surface area (Å²) >= 11 is 3.56. The van der Waals surface area contributed by atoms with Crippen LogP contribution in [0.15, 0.2) is 35.3 Å². The molecule has 5 nitrogen and oxygen atoms in total. The summed E-state index contributed by atoms with van der Waals surface area (Å²) in [5.41, 5.74) is 2.19. The van der Waals surface area contributed by atoms with Crippen molar-refractivity contribution in [3.8, 4) is 6.01 Å². The molecule has 2 aromatic heterocycles. The molecule has 3 heterocycles. The van der Waals surface area contributed by atoms with E-state index in [4.69, 9.17) is 4.74 Å². The lowest BCUT2D eigenvalue weighted by atomic mass is 10.1. The Balaban J connectivity index is 1.68. The monoisotopic (exact) mass is 348 g/mol. The number of halogens is 1. The van der Waals surface area contributed by atoms with E-state index in [1.54, 1.807) is 12.4 Å². The van der Waals surface area contributed by atoms with Crippen LogP contribution in [0.3, 0.4) is 0 Å². The number of rotatable bonds is 3. The van der Waals surface area contributed by atoms with Gasteiger partial charge in [0.1, 0.15) is 6.10 Å². The highest BCUT2D eigenvalue weighted by molar-refractivity contribution is 9.10. The van der Waals surface area contributed by atoms with Crippen molar-refractivity contribution in [3.05, 3.63) is 40.9 Å². The fourth-order valence-electron chi connectivity index (χ4n) is 2.47. The molecule has 0 aliphatic carbocycles. The Bertz CT molecular complexity index is 605. The molecule has 1 fully saturated rings. The summed E-state index contributed by atoms with van der Waals surface area (Å²) < 4.78 is 6.92. The fraction of sp³-hybridized carbons (Fsp3) is 0.400. The van der Waals surface area contributed by atoms with Crippen LogP contribution in [0.4, 0.5) is 5.69 Å². The summed E-state index contributed by atoms with van der Waals surface area (Å²) in [4.78, 5) is 14.9. The van der Waals surface area contributed by atoms with Crippen LogP contribution in [0, 0.1) is 6.92 Å². The number of hydrogen-bond acceptors (Lipinski definition) is 5. The van der Waals surface area contributed by atoms with Gasteiger partial charge in [-0.2, -0.15) is 0 Å². The molecule has 1 aliphatic rings. The molecule has 0 N–H and O–H groups in total. The number of nitrogens with zero attached hydrogens (tertiary/aromatic N) is 4. The Morgan fingerprint density at radius 1 is 1.29 bits per heavy atom. The Labute approximate surface area is 132 Å². The lowest BCUT2D eigenvalue weighted by Gasteiger charge is -2.34. The number of hydrogen-bond donors (Lipinski definition) is 0. The Hall–Kier alpha value is -1.69. The highest BCUT2D eigenvalue weighted by Crippen LogP contribution is 2.28. The van der Waals surface area contributed by atoms with E-state index in [0.29, 0.717) is 6.01 Å². The van der Waals surface area contributed by atoms with Gasteiger partial charge in [0.15, 0.2) is 0 Å². The van der Waals surface area contributed by atoms with E-state index >= 15 is 0 Å². The normalized spacial score (nSPS) is 18.6. The van der Waals surface area contributed by atoms with Gasteiger partial charge >= 0.3 is 6.01 Å². The number of pyridine rings is 1. The van der Waals surface area contributed by atoms with Crippen LogP contribution in [0.25, 0.3) is 0 Å². The van der Waals surface area contributed by atoms with E-state index in [1.165, 1.54) is 0 Å². The van der Waals surface area contributed by atoms with Gasteiger partial charge in [-0.05, 0) is 47.3 Å². The lowest BCUT2D eigenvalue weighted by Crippen LogP contribution is -2.41. The van der Waals surface area contributed by atoms with Crippen molar-refractivity contribution in [2.24, 2.45) is 0 Å². The van der Waals surface area contributed by atoms with Gasteiger partial charge in [-0.25, -0.2) is 9.97 Å². The molecule has 1 unspecified atom stereocenters. The lowest BCUT2D eigenvalue weighted by molar-refractivity contribution is 0.164. The predicted octanol–water partition coefficient (Wildman–Crippen LogP) is 2.99. The number of anilines is 1. The molecule has 21 heavy (non-hydrogen) atoms. The number of ether oxygens (including phenoxy) is 1. The minimum Gasteiger partial charge on any atom is -0.458 e. The maximum absolute atomic E-state index is 5.91. The highest BCUT2D eigenvalue weighted by atomic mass is 79.9. The summed E-state index contributed by atoms with van der Waals surface area (Å²) in [5, 5.41) is 0. The fourth-order valence-corrected chi connectivity index (χ4v) is 2.97. The largest absolute Gasteiger partial charge is 0.458 e. The summed E-state index contributed by atoms with van der Waals surface area (Å²) in [7, 11) is 0. The molecular weight excluding hydrogens is 332 g/mol. The first kappa shape index (κ1) is 14.3. The minimum absolute atomic E-state index is 0.113. The van der Waals surface area contributed by atoms with Crippen molar-refractivity contribution in [2.45, 2.75) is 25.9 Å². The van der Waals surface area contributed by atoms with Crippen molar-refractivity contribution in [1.29, 1.82) is 0 Å². The van der Waals surface area contributed by atoms with Gasteiger partial charge in [0.25, 0.3) is 0 Å². The van der Waals surface area contributed by atoms with Gasteiger partial charge < -0.3 is 9.64 Å². The van der Waals surface area contributed by atoms with Crippen molar-refractivity contribution in [2.75, 3.05) is 18.0 Å². The predicted molar refractivity (Wildman–Crippen MR) is 84.6 cm³/mol. The molecule has 0 bridgehead atoms. The second kappa shape index (κ2) is 6.39. The van der Waals surface area contributed by atoms with Gasteiger partial charge in [-0.15, -0.1) is 0 Å². The van der Waals surface area contributed by atoms with Crippen molar-refractivity contribution < 1.29 is 4.74 Å². The van der Waals surface area contributed by atoms with Crippen LogP contribution in [-0.2, 0) is 0 Å². The van der Waals surface area contributed by atoms with Crippen LogP contribution in [0.2, 0.25) is 0 Å². The summed E-state index contributed by atoms with van der Waals surface area (Å²) in [6, 6.07) is 2.48. The maximum atomic E-state index is 5.91. The standard InChI is InChI=1S/C15H17BrN4O/c1-11-7-18-15(19-8-11)21-12-3-2-6-20(10-12)14-4-5-17-9-13(14)16/h4-5,7-9,12H,2-3,6,10H2,1H3. The summed E-state index contributed by atoms with van der Waals surface area (Å²) in [6.07, 6.45) is 9.42. The number of piperidine rings is 1. The topological polar surface area (TPSA) is 51.1 Å². The molecule has 0 spiro atoms. The first-order chi connectivity index (χ1) is 10.2. The molecule has 1 saturated heterocycles. The van der Waals surface area contributed by atoms with E-state index in [9.17, 15) is 0 Å². The molecular formula is C15H17BrN4O. The second-order valence-corrected chi connectivity index (χ2v) is 6.05. The zero-order chi connectivity index (χ0) is 14.7. The Kier molecular flexibility index (Phi) is 4.34. The molecule has 0 saturated carbocycles. The third-order valence-electron chi connectivity index (χ3n) is 3.50. The number of aromatic nitrogens is 3. The number of aryl methyl sites for hydroxylation is 1. The first-order valence-corrected chi connectivity index (χ1v) is 7.81. The van der Waals surface area contributed by atoms with E-state index in [0.717, 1.165) is 41.7 Å². The van der Waals surface area contributed by atoms with Crippen LogP contribution in [0.1, 0.15) is 18.4 Å². The third-order valence-corrected chi connectivity index (χ3v) is 4.11. The van der Waals surface area contributed by atoms with Gasteiger partial charge in [-0.1, -0.05) is 0 Å². The summed E-state index contributed by atoms with van der Waals surface area (Å²) in [5.74, 6) is 0. The van der Waals surface area contributed by atoms with Crippen LogP contribution in [-0.4, -0.2) is 34.1 Å². The quantitative estimate of drug-likeness (QED) is 0.853. The van der Waals surface area contributed by atoms with Crippen LogP contribution in [0.5, 0.6) is 6.01 Å². The third kappa shape index (κ3) is 3.50. The average Bonchev–Trinajstić information content (AvgIpc) is 2.50. The molecule has 110 valence electrons. The Morgan fingerprint density at radius 2 is 2.10 bits per heavy atom. The van der Waals surface area contributed by atoms with Gasteiger partial charge in [0, 0.05) is 31.3 Å². The van der Waals surface area contributed by atoms with Gasteiger partial charge in [-0.3, -0.25) is 4.98 Å². The van der Waals surface area contributed by atoms with Crippen molar-refractivity contribution in [1.82, 2.24) is 15.0 Å². The minimum atomic E-state index is 0.113. The van der Waals surface area contributed by atoms with Crippen molar-refractivity contribution >= 4 is 21.6 Å². The molecule has 0 radical (unpaired) electrons.